The molecule has 0 saturated heterocycles. The van der Waals surface area contributed by atoms with Crippen LogP contribution >= 0.6 is 11.3 Å². The minimum atomic E-state index is -3.79. The van der Waals surface area contributed by atoms with E-state index in [1.165, 1.54) is 14.6 Å². The molecule has 0 radical (unpaired) electrons. The van der Waals surface area contributed by atoms with E-state index in [2.05, 4.69) is 30.5 Å². The lowest BCUT2D eigenvalue weighted by Gasteiger charge is -2.38. The number of benzene rings is 2. The lowest BCUT2D eigenvalue weighted by molar-refractivity contribution is -0.133. The third-order valence-corrected chi connectivity index (χ3v) is 8.88. The molecule has 34 heavy (non-hydrogen) atoms. The fourth-order valence-corrected chi connectivity index (χ4v) is 6.68. The van der Waals surface area contributed by atoms with Crippen LogP contribution in [0.5, 0.6) is 0 Å². The van der Waals surface area contributed by atoms with Gasteiger partial charge in [0.1, 0.15) is 0 Å². The molecule has 0 N–H and O–H groups in total. The van der Waals surface area contributed by atoms with Gasteiger partial charge in [0, 0.05) is 22.9 Å². The molecule has 1 aliphatic rings. The standard InChI is InChI=1S/C27H30N2O3S2/c1-20(2)29(34(31,32)18-15-22-10-5-4-6-11-22)19-26(30)28-16-13-25-24(14-17-33-25)27(28)23-12-8-7-9-21(23)3/h4-12,14-15,17-18,20,27H,13,16,19H2,1-3H3. The van der Waals surface area contributed by atoms with E-state index >= 15 is 0 Å². The fraction of sp³-hybridized carbons (Fsp3) is 0.296. The summed E-state index contributed by atoms with van der Waals surface area (Å²) in [6.07, 6.45) is 2.35. The molecule has 3 aromatic rings. The number of rotatable bonds is 7. The normalized spacial score (nSPS) is 16.4. The smallest absolute Gasteiger partial charge is 0.238 e. The Bertz CT molecular complexity index is 1280. The third kappa shape index (κ3) is 5.17. The Hall–Kier alpha value is -2.74. The average molecular weight is 495 g/mol. The van der Waals surface area contributed by atoms with E-state index in [-0.39, 0.29) is 24.5 Å². The van der Waals surface area contributed by atoms with E-state index in [4.69, 9.17) is 0 Å². The molecule has 1 aliphatic heterocycles. The summed E-state index contributed by atoms with van der Waals surface area (Å²) in [5, 5.41) is 3.27. The largest absolute Gasteiger partial charge is 0.330 e. The molecule has 1 unspecified atom stereocenters. The van der Waals surface area contributed by atoms with Crippen molar-refractivity contribution in [2.45, 2.75) is 39.3 Å². The molecule has 5 nitrogen and oxygen atoms in total. The van der Waals surface area contributed by atoms with E-state index in [0.29, 0.717) is 6.54 Å². The van der Waals surface area contributed by atoms with Gasteiger partial charge in [-0.1, -0.05) is 54.6 Å². The second kappa shape index (κ2) is 10.3. The minimum Gasteiger partial charge on any atom is -0.330 e. The number of aryl methyl sites for hydroxylation is 1. The van der Waals surface area contributed by atoms with Crippen molar-refractivity contribution in [3.63, 3.8) is 0 Å². The topological polar surface area (TPSA) is 57.7 Å². The Morgan fingerprint density at radius 1 is 1.09 bits per heavy atom. The van der Waals surface area contributed by atoms with Gasteiger partial charge >= 0.3 is 0 Å². The molecule has 1 amide bonds. The van der Waals surface area contributed by atoms with Crippen molar-refractivity contribution < 1.29 is 13.2 Å². The summed E-state index contributed by atoms with van der Waals surface area (Å²) in [5.74, 6) is -0.185. The molecule has 0 saturated carbocycles. The molecule has 0 bridgehead atoms. The molecule has 4 rings (SSSR count). The molecule has 178 valence electrons. The summed E-state index contributed by atoms with van der Waals surface area (Å²) in [5.41, 5.74) is 4.13. The molecule has 1 aromatic heterocycles. The molecule has 0 spiro atoms. The summed E-state index contributed by atoms with van der Waals surface area (Å²) >= 11 is 1.72. The predicted molar refractivity (Wildman–Crippen MR) is 139 cm³/mol. The summed E-state index contributed by atoms with van der Waals surface area (Å²) in [7, 11) is -3.79. The van der Waals surface area contributed by atoms with Crippen LogP contribution in [0.2, 0.25) is 0 Å². The maximum absolute atomic E-state index is 13.7. The van der Waals surface area contributed by atoms with Gasteiger partial charge < -0.3 is 4.90 Å². The van der Waals surface area contributed by atoms with Crippen LogP contribution in [0.1, 0.15) is 47.0 Å². The lowest BCUT2D eigenvalue weighted by Crippen LogP contribution is -2.48. The molecular weight excluding hydrogens is 464 g/mol. The maximum Gasteiger partial charge on any atom is 0.238 e. The summed E-state index contributed by atoms with van der Waals surface area (Å²) in [4.78, 5) is 16.8. The second-order valence-corrected chi connectivity index (χ2v) is 11.6. The molecular formula is C27H30N2O3S2. The summed E-state index contributed by atoms with van der Waals surface area (Å²) in [6, 6.07) is 18.9. The van der Waals surface area contributed by atoms with Gasteiger partial charge in [0.25, 0.3) is 0 Å². The first kappa shape index (κ1) is 24.4. The van der Waals surface area contributed by atoms with E-state index in [0.717, 1.165) is 28.7 Å². The van der Waals surface area contributed by atoms with Crippen LogP contribution in [0.15, 0.2) is 71.5 Å². The Morgan fingerprint density at radius 3 is 2.50 bits per heavy atom. The van der Waals surface area contributed by atoms with Gasteiger partial charge in [-0.05, 0) is 67.0 Å². The van der Waals surface area contributed by atoms with Crippen molar-refractivity contribution in [1.29, 1.82) is 0 Å². The molecule has 1 atom stereocenters. The van der Waals surface area contributed by atoms with E-state index < -0.39 is 10.0 Å². The maximum atomic E-state index is 13.7. The molecule has 0 fully saturated rings. The highest BCUT2D eigenvalue weighted by molar-refractivity contribution is 7.92. The van der Waals surface area contributed by atoms with Crippen LogP contribution in [0.3, 0.4) is 0 Å². The zero-order valence-corrected chi connectivity index (χ0v) is 21.4. The van der Waals surface area contributed by atoms with Gasteiger partial charge in [0.15, 0.2) is 0 Å². The van der Waals surface area contributed by atoms with Gasteiger partial charge in [0.05, 0.1) is 12.6 Å². The summed E-state index contributed by atoms with van der Waals surface area (Å²) in [6.45, 7) is 6.02. The third-order valence-electron chi connectivity index (χ3n) is 6.20. The SMILES string of the molecule is Cc1ccccc1C1c2ccsc2CCN1C(=O)CN(C(C)C)S(=O)(=O)C=Cc1ccccc1. The minimum absolute atomic E-state index is 0.185. The average Bonchev–Trinajstić information content (AvgIpc) is 3.30. The van der Waals surface area contributed by atoms with Crippen molar-refractivity contribution in [1.82, 2.24) is 9.21 Å². The highest BCUT2D eigenvalue weighted by Crippen LogP contribution is 2.39. The van der Waals surface area contributed by atoms with Gasteiger partial charge in [-0.15, -0.1) is 11.3 Å². The Balaban J connectivity index is 1.62. The van der Waals surface area contributed by atoms with Crippen LogP contribution in [-0.2, 0) is 21.2 Å². The van der Waals surface area contributed by atoms with Crippen LogP contribution in [0.25, 0.3) is 6.08 Å². The lowest BCUT2D eigenvalue weighted by atomic mass is 9.90. The van der Waals surface area contributed by atoms with Crippen molar-refractivity contribution in [2.75, 3.05) is 13.1 Å². The van der Waals surface area contributed by atoms with Crippen LogP contribution < -0.4 is 0 Å². The predicted octanol–water partition coefficient (Wildman–Crippen LogP) is 5.24. The number of carbonyl (C=O) groups excluding carboxylic acids is 1. The van der Waals surface area contributed by atoms with E-state index in [1.54, 1.807) is 31.3 Å². The number of sulfonamides is 1. The first-order chi connectivity index (χ1) is 16.3. The zero-order chi connectivity index (χ0) is 24.3. The first-order valence-electron chi connectivity index (χ1n) is 11.4. The first-order valence-corrected chi connectivity index (χ1v) is 13.8. The van der Waals surface area contributed by atoms with Crippen LogP contribution in [-0.4, -0.2) is 42.7 Å². The highest BCUT2D eigenvalue weighted by atomic mass is 32.2. The summed E-state index contributed by atoms with van der Waals surface area (Å²) < 4.78 is 27.7. The quantitative estimate of drug-likeness (QED) is 0.451. The number of amides is 1. The second-order valence-electron chi connectivity index (χ2n) is 8.79. The number of thiophene rings is 1. The van der Waals surface area contributed by atoms with E-state index in [9.17, 15) is 13.2 Å². The van der Waals surface area contributed by atoms with Gasteiger partial charge in [-0.2, -0.15) is 4.31 Å². The van der Waals surface area contributed by atoms with E-state index in [1.807, 2.05) is 47.4 Å². The fourth-order valence-electron chi connectivity index (χ4n) is 4.41. The zero-order valence-electron chi connectivity index (χ0n) is 19.7. The van der Waals surface area contributed by atoms with Gasteiger partial charge in [0.2, 0.25) is 15.9 Å². The number of nitrogens with zero attached hydrogens (tertiary/aromatic N) is 2. The number of fused-ring (bicyclic) bond motifs is 1. The number of hydrogen-bond acceptors (Lipinski definition) is 4. The van der Waals surface area contributed by atoms with Crippen LogP contribution in [0, 0.1) is 6.92 Å². The Kier molecular flexibility index (Phi) is 7.36. The molecule has 2 heterocycles. The monoisotopic (exact) mass is 494 g/mol. The van der Waals surface area contributed by atoms with Crippen molar-refractivity contribution in [3.8, 4) is 0 Å². The highest BCUT2D eigenvalue weighted by Gasteiger charge is 2.36. The van der Waals surface area contributed by atoms with Gasteiger partial charge in [-0.25, -0.2) is 8.42 Å². The molecule has 0 aliphatic carbocycles. The van der Waals surface area contributed by atoms with Crippen LogP contribution in [0.4, 0.5) is 0 Å². The Labute approximate surface area is 206 Å². The number of carbonyl (C=O) groups is 1. The Morgan fingerprint density at radius 2 is 1.79 bits per heavy atom. The molecule has 7 heteroatoms. The van der Waals surface area contributed by atoms with Crippen molar-refractivity contribution in [2.24, 2.45) is 0 Å². The molecule has 2 aromatic carbocycles. The van der Waals surface area contributed by atoms with Gasteiger partial charge in [-0.3, -0.25) is 4.79 Å². The van der Waals surface area contributed by atoms with Crippen molar-refractivity contribution in [3.05, 3.63) is 98.6 Å². The number of hydrogen-bond donors (Lipinski definition) is 0. The van der Waals surface area contributed by atoms with Crippen molar-refractivity contribution >= 4 is 33.3 Å².